The van der Waals surface area contributed by atoms with Crippen LogP contribution < -0.4 is 5.32 Å². The zero-order valence-electron chi connectivity index (χ0n) is 18.8. The first-order chi connectivity index (χ1) is 16.2. The maximum atomic E-state index is 13.8. The molecular formula is C26H27Cl2NO5. The Morgan fingerprint density at radius 1 is 1.12 bits per heavy atom. The number of carboxylic acids is 1. The number of halogens is 2. The Kier molecular flexibility index (Phi) is 7.20. The first kappa shape index (κ1) is 24.6. The van der Waals surface area contributed by atoms with Crippen LogP contribution >= 0.6 is 23.2 Å². The van der Waals surface area contributed by atoms with E-state index in [-0.39, 0.29) is 24.9 Å². The molecule has 1 amide bonds. The molecule has 2 aromatic carbocycles. The van der Waals surface area contributed by atoms with E-state index >= 15 is 0 Å². The van der Waals surface area contributed by atoms with Crippen LogP contribution in [0.3, 0.4) is 0 Å². The molecular weight excluding hydrogens is 477 g/mol. The summed E-state index contributed by atoms with van der Waals surface area (Å²) in [5.41, 5.74) is 0.265. The summed E-state index contributed by atoms with van der Waals surface area (Å²) >= 11 is 12.4. The molecule has 1 heterocycles. The molecule has 4 atom stereocenters. The van der Waals surface area contributed by atoms with E-state index in [1.807, 2.05) is 30.3 Å². The summed E-state index contributed by atoms with van der Waals surface area (Å²) in [5.74, 6) is -3.27. The molecule has 34 heavy (non-hydrogen) atoms. The van der Waals surface area contributed by atoms with Gasteiger partial charge in [-0.15, -0.1) is 0 Å². The molecule has 2 N–H and O–H groups in total. The molecule has 0 unspecified atom stereocenters. The molecule has 1 aliphatic heterocycles. The molecule has 2 fully saturated rings. The maximum Gasteiger partial charge on any atom is 0.310 e. The van der Waals surface area contributed by atoms with Crippen LogP contribution in [0, 0.1) is 17.3 Å². The van der Waals surface area contributed by atoms with E-state index in [9.17, 15) is 19.5 Å². The Morgan fingerprint density at radius 2 is 1.82 bits per heavy atom. The van der Waals surface area contributed by atoms with E-state index in [0.29, 0.717) is 10.0 Å². The number of aliphatic carboxylic acids is 1. The molecule has 2 aliphatic rings. The van der Waals surface area contributed by atoms with Crippen molar-refractivity contribution in [2.24, 2.45) is 17.3 Å². The number of esters is 1. The molecule has 1 saturated carbocycles. The first-order valence-electron chi connectivity index (χ1n) is 11.5. The molecule has 2 aromatic rings. The van der Waals surface area contributed by atoms with Crippen LogP contribution in [0.4, 0.5) is 0 Å². The lowest BCUT2D eigenvalue weighted by Crippen LogP contribution is -2.57. The monoisotopic (exact) mass is 503 g/mol. The van der Waals surface area contributed by atoms with Gasteiger partial charge in [-0.2, -0.15) is 0 Å². The summed E-state index contributed by atoms with van der Waals surface area (Å²) in [7, 11) is 0. The lowest BCUT2D eigenvalue weighted by Gasteiger charge is -2.47. The number of carbonyl (C=O) groups excluding carboxylic acids is 2. The SMILES string of the molecule is CCOC(=O)[C@@H](C1CC1)[C@]1(CC(=O)O)C[C@H](c2cccc(Cl)c2)[C@@H](c2ccc(Cl)cc2)NC1=O. The van der Waals surface area contributed by atoms with Gasteiger partial charge in [0.15, 0.2) is 0 Å². The minimum atomic E-state index is -1.44. The van der Waals surface area contributed by atoms with Crippen molar-refractivity contribution in [3.05, 3.63) is 69.7 Å². The molecule has 0 aromatic heterocycles. The minimum Gasteiger partial charge on any atom is -0.481 e. The van der Waals surface area contributed by atoms with Crippen molar-refractivity contribution in [1.29, 1.82) is 0 Å². The van der Waals surface area contributed by atoms with E-state index in [1.54, 1.807) is 25.1 Å². The van der Waals surface area contributed by atoms with E-state index in [2.05, 4.69) is 5.32 Å². The van der Waals surface area contributed by atoms with Crippen LogP contribution in [0.2, 0.25) is 10.0 Å². The van der Waals surface area contributed by atoms with Crippen molar-refractivity contribution in [1.82, 2.24) is 5.32 Å². The highest BCUT2D eigenvalue weighted by atomic mass is 35.5. The second-order valence-electron chi connectivity index (χ2n) is 9.16. The van der Waals surface area contributed by atoms with Crippen molar-refractivity contribution in [2.45, 2.75) is 44.6 Å². The fourth-order valence-electron chi connectivity index (χ4n) is 5.35. The lowest BCUT2D eigenvalue weighted by molar-refractivity contribution is -0.166. The number of ether oxygens (including phenoxy) is 1. The fourth-order valence-corrected chi connectivity index (χ4v) is 5.68. The van der Waals surface area contributed by atoms with Gasteiger partial charge in [-0.3, -0.25) is 14.4 Å². The van der Waals surface area contributed by atoms with Crippen LogP contribution in [0.5, 0.6) is 0 Å². The number of carboxylic acid groups (broad SMARTS) is 1. The third-order valence-corrected chi connectivity index (χ3v) is 7.41. The van der Waals surface area contributed by atoms with Crippen LogP contribution in [0.1, 0.15) is 55.7 Å². The highest BCUT2D eigenvalue weighted by Crippen LogP contribution is 2.56. The van der Waals surface area contributed by atoms with Gasteiger partial charge in [0.1, 0.15) is 0 Å². The molecule has 1 saturated heterocycles. The van der Waals surface area contributed by atoms with Gasteiger partial charge in [0, 0.05) is 16.0 Å². The number of hydrogen-bond donors (Lipinski definition) is 2. The molecule has 8 heteroatoms. The van der Waals surface area contributed by atoms with Crippen LogP contribution in [-0.4, -0.2) is 29.6 Å². The Morgan fingerprint density at radius 3 is 2.41 bits per heavy atom. The number of amides is 1. The Bertz CT molecular complexity index is 1080. The number of hydrogen-bond acceptors (Lipinski definition) is 4. The number of nitrogens with one attached hydrogen (secondary N) is 1. The van der Waals surface area contributed by atoms with E-state index in [0.717, 1.165) is 24.0 Å². The number of piperidine rings is 1. The standard InChI is InChI=1S/C26H27Cl2NO5/c1-2-34-24(32)22(15-6-7-15)26(14-21(30)31)13-20(17-4-3-5-19(28)12-17)23(29-25(26)33)16-8-10-18(27)11-9-16/h3-5,8-12,15,20,22-23H,2,6-7,13-14H2,1H3,(H,29,33)(H,30,31)/t20-,22-,23-,26-/m1/s1. The summed E-state index contributed by atoms with van der Waals surface area (Å²) in [6.07, 6.45) is 1.25. The van der Waals surface area contributed by atoms with Crippen LogP contribution in [-0.2, 0) is 19.1 Å². The van der Waals surface area contributed by atoms with Crippen molar-refractivity contribution in [3.63, 3.8) is 0 Å². The van der Waals surface area contributed by atoms with Gasteiger partial charge in [0.2, 0.25) is 5.91 Å². The third-order valence-electron chi connectivity index (χ3n) is 6.93. The van der Waals surface area contributed by atoms with Gasteiger partial charge in [-0.05, 0) is 67.5 Å². The Hall–Kier alpha value is -2.57. The Labute approximate surface area is 208 Å². The fraction of sp³-hybridized carbons (Fsp3) is 0.423. The van der Waals surface area contributed by atoms with Crippen molar-refractivity contribution in [2.75, 3.05) is 6.61 Å². The van der Waals surface area contributed by atoms with Crippen LogP contribution in [0.15, 0.2) is 48.5 Å². The zero-order valence-corrected chi connectivity index (χ0v) is 20.3. The molecule has 4 rings (SSSR count). The van der Waals surface area contributed by atoms with Gasteiger partial charge in [-0.25, -0.2) is 0 Å². The zero-order chi connectivity index (χ0) is 24.5. The maximum absolute atomic E-state index is 13.8. The summed E-state index contributed by atoms with van der Waals surface area (Å²) in [4.78, 5) is 39.0. The normalized spacial score (nSPS) is 25.3. The van der Waals surface area contributed by atoms with Gasteiger partial charge in [0.05, 0.1) is 30.4 Å². The second kappa shape index (κ2) is 9.96. The van der Waals surface area contributed by atoms with Crippen molar-refractivity contribution < 1.29 is 24.2 Å². The quantitative estimate of drug-likeness (QED) is 0.471. The second-order valence-corrected chi connectivity index (χ2v) is 10.0. The molecule has 0 bridgehead atoms. The first-order valence-corrected chi connectivity index (χ1v) is 12.2. The summed E-state index contributed by atoms with van der Waals surface area (Å²) in [6.45, 7) is 1.87. The minimum absolute atomic E-state index is 0.0729. The lowest BCUT2D eigenvalue weighted by atomic mass is 9.60. The predicted molar refractivity (Wildman–Crippen MR) is 129 cm³/mol. The molecule has 1 aliphatic carbocycles. The van der Waals surface area contributed by atoms with Crippen molar-refractivity contribution in [3.8, 4) is 0 Å². The third kappa shape index (κ3) is 4.93. The highest BCUT2D eigenvalue weighted by molar-refractivity contribution is 6.30. The summed E-state index contributed by atoms with van der Waals surface area (Å²) < 4.78 is 5.35. The highest BCUT2D eigenvalue weighted by Gasteiger charge is 2.60. The molecule has 180 valence electrons. The van der Waals surface area contributed by atoms with Crippen LogP contribution in [0.25, 0.3) is 0 Å². The van der Waals surface area contributed by atoms with Gasteiger partial charge in [-0.1, -0.05) is 47.5 Å². The average Bonchev–Trinajstić information content (AvgIpc) is 3.61. The largest absolute Gasteiger partial charge is 0.481 e. The average molecular weight is 504 g/mol. The molecule has 0 radical (unpaired) electrons. The molecule has 6 nitrogen and oxygen atoms in total. The van der Waals surface area contributed by atoms with Gasteiger partial charge >= 0.3 is 11.9 Å². The summed E-state index contributed by atoms with van der Waals surface area (Å²) in [5, 5.41) is 14.0. The number of benzene rings is 2. The number of carbonyl (C=O) groups is 3. The summed E-state index contributed by atoms with van der Waals surface area (Å²) in [6, 6.07) is 14.1. The Balaban J connectivity index is 1.83. The number of rotatable bonds is 8. The predicted octanol–water partition coefficient (Wildman–Crippen LogP) is 5.39. The van der Waals surface area contributed by atoms with Crippen molar-refractivity contribution >= 4 is 41.0 Å². The van der Waals surface area contributed by atoms with E-state index in [1.165, 1.54) is 0 Å². The van der Waals surface area contributed by atoms with E-state index in [4.69, 9.17) is 27.9 Å². The van der Waals surface area contributed by atoms with Gasteiger partial charge in [0.25, 0.3) is 0 Å². The van der Waals surface area contributed by atoms with Gasteiger partial charge < -0.3 is 15.2 Å². The van der Waals surface area contributed by atoms with E-state index < -0.39 is 41.6 Å². The molecule has 0 spiro atoms. The topological polar surface area (TPSA) is 92.7 Å². The smallest absolute Gasteiger partial charge is 0.310 e.